The smallest absolute Gasteiger partial charge is 0.419 e. The summed E-state index contributed by atoms with van der Waals surface area (Å²) >= 11 is 0. The number of hydrogen-bond acceptors (Lipinski definition) is 3. The number of hydrogen-bond donors (Lipinski definition) is 2. The Morgan fingerprint density at radius 2 is 1.80 bits per heavy atom. The van der Waals surface area contributed by atoms with E-state index in [9.17, 15) is 36.3 Å². The first-order valence-corrected chi connectivity index (χ1v) is 9.01. The van der Waals surface area contributed by atoms with Crippen LogP contribution in [-0.2, 0) is 26.0 Å². The molecular weight excluding hydrogens is 415 g/mol. The molecular formula is C19H21F5N2O4. The Bertz CT molecular complexity index is 898. The number of carbonyl (C=O) groups excluding carboxylic acids is 2. The maximum absolute atomic E-state index is 14.6. The van der Waals surface area contributed by atoms with Gasteiger partial charge in [-0.3, -0.25) is 19.3 Å². The van der Waals surface area contributed by atoms with E-state index in [1.807, 2.05) is 0 Å². The first-order valence-electron chi connectivity index (χ1n) is 9.01. The van der Waals surface area contributed by atoms with Crippen LogP contribution in [0.15, 0.2) is 6.07 Å². The predicted octanol–water partition coefficient (Wildman–Crippen LogP) is 3.22. The van der Waals surface area contributed by atoms with Gasteiger partial charge in [0.05, 0.1) is 16.7 Å². The van der Waals surface area contributed by atoms with Crippen LogP contribution in [0.2, 0.25) is 0 Å². The summed E-state index contributed by atoms with van der Waals surface area (Å²) in [5.74, 6) is -6.51. The number of nitrogens with zero attached hydrogens (tertiary/aromatic N) is 1. The molecule has 0 unspecified atom stereocenters. The first-order chi connectivity index (χ1) is 13.6. The number of anilines is 1. The summed E-state index contributed by atoms with van der Waals surface area (Å²) in [5, 5.41) is 11.3. The van der Waals surface area contributed by atoms with E-state index in [2.05, 4.69) is 5.32 Å². The molecule has 2 atom stereocenters. The van der Waals surface area contributed by atoms with Gasteiger partial charge < -0.3 is 10.4 Å². The predicted molar refractivity (Wildman–Crippen MR) is 95.8 cm³/mol. The number of aliphatic carboxylic acids is 1. The molecule has 1 aromatic carbocycles. The zero-order chi connectivity index (χ0) is 23.2. The number of rotatable bonds is 6. The summed E-state index contributed by atoms with van der Waals surface area (Å²) in [6, 6.07) is -0.654. The molecule has 0 aliphatic carbocycles. The second-order valence-electron chi connectivity index (χ2n) is 7.89. The van der Waals surface area contributed by atoms with Crippen LogP contribution >= 0.6 is 0 Å². The highest BCUT2D eigenvalue weighted by Gasteiger charge is 2.51. The molecule has 1 heterocycles. The number of carbonyl (C=O) groups is 3. The van der Waals surface area contributed by atoms with E-state index in [1.165, 1.54) is 6.92 Å². The fourth-order valence-corrected chi connectivity index (χ4v) is 3.39. The zero-order valence-corrected chi connectivity index (χ0v) is 16.7. The quantitative estimate of drug-likeness (QED) is 0.671. The van der Waals surface area contributed by atoms with Crippen LogP contribution in [0.1, 0.15) is 45.2 Å². The van der Waals surface area contributed by atoms with Crippen LogP contribution < -0.4 is 10.2 Å². The molecule has 0 spiro atoms. The minimum atomic E-state index is -5.17. The molecule has 2 amide bonds. The van der Waals surface area contributed by atoms with Gasteiger partial charge in [-0.15, -0.1) is 0 Å². The lowest BCUT2D eigenvalue weighted by atomic mass is 9.84. The number of nitrogens with one attached hydrogen (secondary N) is 1. The standard InChI is InChI=1S/C19H21F5N2O4/c1-8(5-13(28)29)9(2)25-12(27)7-26-16-11(20)6-10(19(22,23)24)15(21)14(16)18(3,4)17(26)30/h6,8-9H,5,7H2,1-4H3,(H,25,27)(H,28,29)/t8-,9-/m0/s1. The maximum Gasteiger partial charge on any atom is 0.419 e. The summed E-state index contributed by atoms with van der Waals surface area (Å²) in [6.07, 6.45) is -5.40. The van der Waals surface area contributed by atoms with Gasteiger partial charge in [0.25, 0.3) is 0 Å². The van der Waals surface area contributed by atoms with Crippen LogP contribution in [0.3, 0.4) is 0 Å². The normalized spacial score (nSPS) is 17.5. The van der Waals surface area contributed by atoms with Crippen molar-refractivity contribution in [2.24, 2.45) is 5.92 Å². The largest absolute Gasteiger partial charge is 0.481 e. The lowest BCUT2D eigenvalue weighted by Gasteiger charge is -2.23. The highest BCUT2D eigenvalue weighted by Crippen LogP contribution is 2.47. The molecule has 11 heteroatoms. The summed E-state index contributed by atoms with van der Waals surface area (Å²) < 4.78 is 68.4. The van der Waals surface area contributed by atoms with Crippen molar-refractivity contribution in [2.45, 2.75) is 51.7 Å². The van der Waals surface area contributed by atoms with Gasteiger partial charge in [-0.25, -0.2) is 8.78 Å². The third kappa shape index (κ3) is 4.24. The fourth-order valence-electron chi connectivity index (χ4n) is 3.39. The number of benzene rings is 1. The second-order valence-corrected chi connectivity index (χ2v) is 7.89. The third-order valence-corrected chi connectivity index (χ3v) is 5.21. The van der Waals surface area contributed by atoms with Crippen molar-refractivity contribution in [3.63, 3.8) is 0 Å². The Hall–Kier alpha value is -2.72. The average Bonchev–Trinajstić information content (AvgIpc) is 2.77. The molecule has 0 saturated heterocycles. The Morgan fingerprint density at radius 3 is 2.30 bits per heavy atom. The van der Waals surface area contributed by atoms with E-state index in [0.717, 1.165) is 13.8 Å². The average molecular weight is 436 g/mol. The first kappa shape index (κ1) is 23.6. The van der Waals surface area contributed by atoms with Gasteiger partial charge >= 0.3 is 12.1 Å². The van der Waals surface area contributed by atoms with Gasteiger partial charge in [0, 0.05) is 18.0 Å². The fraction of sp³-hybridized carbons (Fsp3) is 0.526. The van der Waals surface area contributed by atoms with Gasteiger partial charge in [-0.2, -0.15) is 13.2 Å². The van der Waals surface area contributed by atoms with Gasteiger partial charge in [-0.1, -0.05) is 6.92 Å². The van der Waals surface area contributed by atoms with Crippen LogP contribution in [-0.4, -0.2) is 35.5 Å². The third-order valence-electron chi connectivity index (χ3n) is 5.21. The van der Waals surface area contributed by atoms with Gasteiger partial charge in [0.1, 0.15) is 18.2 Å². The van der Waals surface area contributed by atoms with Gasteiger partial charge in [0.15, 0.2) is 0 Å². The Kier molecular flexibility index (Phi) is 6.16. The molecule has 166 valence electrons. The number of halogens is 5. The van der Waals surface area contributed by atoms with E-state index in [0.29, 0.717) is 4.90 Å². The van der Waals surface area contributed by atoms with Crippen LogP contribution in [0.4, 0.5) is 27.6 Å². The molecule has 6 nitrogen and oxygen atoms in total. The van der Waals surface area contributed by atoms with E-state index < -0.39 is 76.3 Å². The van der Waals surface area contributed by atoms with Crippen molar-refractivity contribution in [1.82, 2.24) is 5.32 Å². The zero-order valence-electron chi connectivity index (χ0n) is 16.7. The van der Waals surface area contributed by atoms with E-state index in [4.69, 9.17) is 5.11 Å². The van der Waals surface area contributed by atoms with E-state index in [1.54, 1.807) is 6.92 Å². The topological polar surface area (TPSA) is 86.7 Å². The van der Waals surface area contributed by atoms with Gasteiger partial charge in [0.2, 0.25) is 11.8 Å². The van der Waals surface area contributed by atoms with Crippen molar-refractivity contribution >= 4 is 23.5 Å². The molecule has 1 aliphatic heterocycles. The summed E-state index contributed by atoms with van der Waals surface area (Å²) in [7, 11) is 0. The van der Waals surface area contributed by atoms with Crippen molar-refractivity contribution in [1.29, 1.82) is 0 Å². The monoisotopic (exact) mass is 436 g/mol. The minimum absolute atomic E-state index is 0.0364. The molecule has 30 heavy (non-hydrogen) atoms. The highest BCUT2D eigenvalue weighted by molar-refractivity contribution is 6.10. The van der Waals surface area contributed by atoms with Crippen LogP contribution in [0.25, 0.3) is 0 Å². The number of amides is 2. The molecule has 0 fully saturated rings. The van der Waals surface area contributed by atoms with Crippen LogP contribution in [0.5, 0.6) is 0 Å². The van der Waals surface area contributed by atoms with Gasteiger partial charge in [-0.05, 0) is 32.8 Å². The van der Waals surface area contributed by atoms with Crippen molar-refractivity contribution in [2.75, 3.05) is 11.4 Å². The van der Waals surface area contributed by atoms with Crippen molar-refractivity contribution in [3.05, 3.63) is 28.8 Å². The number of fused-ring (bicyclic) bond motifs is 1. The van der Waals surface area contributed by atoms with Crippen molar-refractivity contribution < 1.29 is 41.4 Å². The number of alkyl halides is 3. The molecule has 2 rings (SSSR count). The molecule has 1 aromatic rings. The minimum Gasteiger partial charge on any atom is -0.481 e. The Morgan fingerprint density at radius 1 is 1.23 bits per heavy atom. The maximum atomic E-state index is 14.6. The van der Waals surface area contributed by atoms with Crippen molar-refractivity contribution in [3.8, 4) is 0 Å². The number of carboxylic acids is 1. The Balaban J connectivity index is 2.37. The van der Waals surface area contributed by atoms with E-state index in [-0.39, 0.29) is 12.5 Å². The highest BCUT2D eigenvalue weighted by atomic mass is 19.4. The number of carboxylic acid groups (broad SMARTS) is 1. The summed E-state index contributed by atoms with van der Waals surface area (Å²) in [4.78, 5) is 36.4. The SMILES string of the molecule is C[C@H](NC(=O)CN1C(=O)C(C)(C)c2c(F)c(C(F)(F)F)cc(F)c21)[C@@H](C)CC(=O)O. The molecule has 0 saturated carbocycles. The molecule has 1 aliphatic rings. The molecule has 0 radical (unpaired) electrons. The summed E-state index contributed by atoms with van der Waals surface area (Å²) in [6.45, 7) is 4.64. The Labute approximate surface area is 169 Å². The molecule has 0 aromatic heterocycles. The second kappa shape index (κ2) is 7.84. The molecule has 0 bridgehead atoms. The lowest BCUT2D eigenvalue weighted by molar-refractivity contribution is -0.140. The lowest BCUT2D eigenvalue weighted by Crippen LogP contribution is -2.46. The molecule has 2 N–H and O–H groups in total. The van der Waals surface area contributed by atoms with Crippen LogP contribution in [0, 0.1) is 17.6 Å². The summed E-state index contributed by atoms with van der Waals surface area (Å²) in [5.41, 5.74) is -5.14. The van der Waals surface area contributed by atoms with E-state index >= 15 is 0 Å².